The van der Waals surface area contributed by atoms with Gasteiger partial charge in [0.25, 0.3) is 110 Å². The summed E-state index contributed by atoms with van der Waals surface area (Å²) in [6.07, 6.45) is 0.768. The lowest BCUT2D eigenvalue weighted by Gasteiger charge is -2.29. The average Bonchev–Trinajstić information content (AvgIpc) is 0.906. The van der Waals surface area contributed by atoms with Crippen molar-refractivity contribution in [2.75, 3.05) is 165 Å². The van der Waals surface area contributed by atoms with Crippen LogP contribution in [0.4, 0.5) is 0 Å². The van der Waals surface area contributed by atoms with Crippen molar-refractivity contribution in [1.82, 2.24) is 0 Å². The van der Waals surface area contributed by atoms with E-state index in [4.69, 9.17) is 47.3 Å². The predicted octanol–water partition coefficient (Wildman–Crippen LogP) is -1.92. The summed E-state index contributed by atoms with van der Waals surface area (Å²) >= 11 is 0. The molecule has 0 aromatic rings. The standard InChI is InChI=1S/C40H93O45P11.3C2H7O4P/c1-7-35(23-41)24-76-87(45,46)65-13-14-67-89(49,50)78-27-37(9-3)28-80-91(53,54)69-17-18-71-93(57,58)82-31-39(11-5)32-84-95(61,62)73-21-22-74-96(63,64)85-34-40(12-6)33-83-94(59,60)72-20-19-70-92(55,56)81-30-38(10-4)29-79-90(51,52)68-16-15-66-88(47,48)77-26-36(8-2)25-75-86(42,43)44;3*1-2-6-7(3,4)5/h35-41H,7-34H2,1-6H3,(H,45,46)(H,47,48)(H,49,50)(H,51,52)(H,53,54)(H,55,56)(H,57,58)(H,59,60)(H,61,62)(H,63,64)(H2,42,43,44);3*2H2,1H3,(H2,3,4,5)/p-14. The van der Waals surface area contributed by atoms with E-state index in [9.17, 15) is 132 Å². The molecule has 0 saturated carbocycles. The molecule has 0 spiro atoms. The average molecular weight is 2000 g/mol. The SMILES string of the molecule is CCC(CO)COP(=O)([O-])OCCOP(=O)([O-])OCC(CC)COP(=O)([O-])OCCOP(=O)([O-])OCC(CC)COP(=O)([O-])OCCOP(=O)([O-])OCC(CC)COP(=O)([O-])OCCOP(=O)([O-])OCC(CC)COP(=O)([O-])OCCOP(=O)([O-])OCC(CC)COP(=O)([O-])O.CCOP(=O)([O-])O.CCOP(=O)([O-])O.CCOP(=O)([O-])O. The van der Waals surface area contributed by atoms with Gasteiger partial charge in [-0.25, -0.2) is 0 Å². The zero-order valence-electron chi connectivity index (χ0n) is 64.1. The Kier molecular flexibility index (Phi) is 67.7. The van der Waals surface area contributed by atoms with Crippen LogP contribution in [0.15, 0.2) is 0 Å². The molecule has 57 nitrogen and oxygen atoms in total. The smallest absolute Gasteiger partial charge is 0.267 e. The zero-order chi connectivity index (χ0) is 91.4. The minimum absolute atomic E-state index is 0.0166. The summed E-state index contributed by atoms with van der Waals surface area (Å²) < 4.78 is 269. The number of hydrogen-bond donors (Lipinski definition) is 5. The molecule has 20 unspecified atom stereocenters. The molecular weight excluding hydrogens is 1900 g/mol. The van der Waals surface area contributed by atoms with E-state index in [-0.39, 0.29) is 65.1 Å². The van der Waals surface area contributed by atoms with Crippen LogP contribution in [-0.2, 0) is 172 Å². The molecule has 0 aromatic heterocycles. The predicted molar refractivity (Wildman–Crippen MR) is 365 cm³/mol. The zero-order valence-corrected chi connectivity index (χ0v) is 76.6. The van der Waals surface area contributed by atoms with Crippen LogP contribution in [0.3, 0.4) is 0 Å². The van der Waals surface area contributed by atoms with E-state index in [1.807, 2.05) is 0 Å². The number of rotatable bonds is 71. The van der Waals surface area contributed by atoms with Crippen molar-refractivity contribution < 1.29 is 266 Å². The summed E-state index contributed by atoms with van der Waals surface area (Å²) in [5, 5.41) is 9.11. The van der Waals surface area contributed by atoms with E-state index in [1.165, 1.54) is 55.4 Å². The number of aliphatic hydroxyl groups excluding tert-OH is 1. The first-order valence-electron chi connectivity index (χ1n) is 33.8. The van der Waals surface area contributed by atoms with Gasteiger partial charge in [0.1, 0.15) is 0 Å². The van der Waals surface area contributed by atoms with Crippen LogP contribution >= 0.6 is 110 Å². The van der Waals surface area contributed by atoms with E-state index >= 15 is 0 Å². The fraction of sp³-hybridized carbons (Fsp3) is 1.00. The molecule has 0 saturated heterocycles. The van der Waals surface area contributed by atoms with Gasteiger partial charge in [0, 0.05) is 42.1 Å². The lowest BCUT2D eigenvalue weighted by molar-refractivity contribution is -0.237. The van der Waals surface area contributed by atoms with E-state index in [2.05, 4.69) is 86.0 Å². The Bertz CT molecular complexity index is 3290. The molecule has 117 heavy (non-hydrogen) atoms. The Morgan fingerprint density at radius 2 is 0.299 bits per heavy atom. The highest BCUT2D eigenvalue weighted by atomic mass is 31.2. The molecule has 0 aliphatic heterocycles. The Morgan fingerprint density at radius 1 is 0.188 bits per heavy atom. The first-order valence-corrected chi connectivity index (χ1v) is 54.3. The Labute approximate surface area is 674 Å². The molecule has 0 amide bonds. The molecule has 0 aliphatic rings. The number of phosphoric ester groups is 14. The molecular formula is C46H100O57P14-14. The van der Waals surface area contributed by atoms with Gasteiger partial charge < -0.3 is 202 Å². The van der Waals surface area contributed by atoms with Gasteiger partial charge in [0.2, 0.25) is 0 Å². The molecule has 710 valence electrons. The molecule has 0 radical (unpaired) electrons. The monoisotopic (exact) mass is 2000 g/mol. The molecule has 0 fully saturated rings. The van der Waals surface area contributed by atoms with E-state index in [0.717, 1.165) is 0 Å². The van der Waals surface area contributed by atoms with E-state index in [1.54, 1.807) is 6.92 Å². The largest absolute Gasteiger partial charge is 0.756 e. The molecule has 71 heteroatoms. The van der Waals surface area contributed by atoms with Gasteiger partial charge in [-0.2, -0.15) is 0 Å². The van der Waals surface area contributed by atoms with Crippen LogP contribution in [0.2, 0.25) is 0 Å². The first kappa shape index (κ1) is 125. The second kappa shape index (κ2) is 63.5. The van der Waals surface area contributed by atoms with E-state index in [0.29, 0.717) is 6.42 Å². The fourth-order valence-corrected chi connectivity index (χ4v) is 15.3. The number of aliphatic hydroxyl groups is 1. The molecule has 0 aromatic carbocycles. The summed E-state index contributed by atoms with van der Waals surface area (Å²) in [4.78, 5) is 193. The lowest BCUT2D eigenvalue weighted by Crippen LogP contribution is -2.22. The summed E-state index contributed by atoms with van der Waals surface area (Å²) in [5.41, 5.74) is 0. The van der Waals surface area contributed by atoms with Gasteiger partial charge in [-0.15, -0.1) is 0 Å². The Hall–Kier alpha value is 1.50. The summed E-state index contributed by atoms with van der Waals surface area (Å²) in [7, 11) is -69.7. The van der Waals surface area contributed by atoms with Crippen molar-refractivity contribution in [2.24, 2.45) is 35.5 Å². The highest BCUT2D eigenvalue weighted by molar-refractivity contribution is 7.49. The van der Waals surface area contributed by atoms with Crippen molar-refractivity contribution in [2.45, 2.75) is 101 Å². The van der Waals surface area contributed by atoms with Gasteiger partial charge in [0.15, 0.2) is 0 Å². The fourth-order valence-electron chi connectivity index (χ4n) is 6.24. The molecule has 0 aliphatic carbocycles. The minimum atomic E-state index is -5.23. The van der Waals surface area contributed by atoms with Crippen molar-refractivity contribution in [3.05, 3.63) is 0 Å². The summed E-state index contributed by atoms with van der Waals surface area (Å²) in [5.74, 6) is -5.10. The van der Waals surface area contributed by atoms with Crippen molar-refractivity contribution in [1.29, 1.82) is 0 Å². The second-order valence-electron chi connectivity index (χ2n) is 22.0. The maximum absolute atomic E-state index is 12.3. The third-order valence-electron chi connectivity index (χ3n) is 12.7. The van der Waals surface area contributed by atoms with Crippen molar-refractivity contribution in [3.63, 3.8) is 0 Å². The highest BCUT2D eigenvalue weighted by Gasteiger charge is 2.26. The minimum Gasteiger partial charge on any atom is -0.756 e. The van der Waals surface area contributed by atoms with Gasteiger partial charge in [-0.1, -0.05) is 41.5 Å². The van der Waals surface area contributed by atoms with Crippen LogP contribution in [0, 0.1) is 35.5 Å². The lowest BCUT2D eigenvalue weighted by atomic mass is 10.1. The Morgan fingerprint density at radius 3 is 0.385 bits per heavy atom. The topological polar surface area (TPSA) is 884 Å². The molecule has 5 N–H and O–H groups in total. The van der Waals surface area contributed by atoms with Crippen LogP contribution < -0.4 is 68.5 Å². The highest BCUT2D eigenvalue weighted by Crippen LogP contribution is 2.49. The van der Waals surface area contributed by atoms with Crippen LogP contribution in [-0.4, -0.2) is 190 Å². The third-order valence-corrected chi connectivity index (χ3v) is 24.5. The van der Waals surface area contributed by atoms with Gasteiger partial charge in [0.05, 0.1) is 159 Å². The van der Waals surface area contributed by atoms with Crippen molar-refractivity contribution >= 4 is 110 Å². The summed E-state index contributed by atoms with van der Waals surface area (Å²) in [6, 6.07) is 0. The van der Waals surface area contributed by atoms with Gasteiger partial charge in [-0.05, 0) is 59.3 Å². The van der Waals surface area contributed by atoms with Crippen LogP contribution in [0.1, 0.15) is 101 Å². The normalized spacial score (nSPS) is 20.9. The number of phosphoric acid groups is 14. The van der Waals surface area contributed by atoms with Gasteiger partial charge >= 0.3 is 0 Å². The summed E-state index contributed by atoms with van der Waals surface area (Å²) in [6.45, 7) is -3.33. The first-order chi connectivity index (χ1) is 53.4. The molecule has 0 bridgehead atoms. The second-order valence-corrected chi connectivity index (χ2v) is 40.9. The molecule has 20 atom stereocenters. The molecule has 0 heterocycles. The van der Waals surface area contributed by atoms with Crippen LogP contribution in [0.25, 0.3) is 0 Å². The van der Waals surface area contributed by atoms with E-state index < -0.39 is 277 Å². The third kappa shape index (κ3) is 81.7. The maximum atomic E-state index is 12.3. The maximum Gasteiger partial charge on any atom is 0.267 e. The van der Waals surface area contributed by atoms with Crippen LogP contribution in [0.5, 0.6) is 0 Å². The Balaban J connectivity index is -0.00000265. The van der Waals surface area contributed by atoms with Crippen molar-refractivity contribution in [3.8, 4) is 0 Å². The van der Waals surface area contributed by atoms with Gasteiger partial charge in [-0.3, -0.25) is 63.9 Å². The molecule has 0 rings (SSSR count). The number of hydrogen-bond acceptors (Lipinski definition) is 53. The quantitative estimate of drug-likeness (QED) is 0.0327.